The van der Waals surface area contributed by atoms with Crippen LogP contribution in [0.4, 0.5) is 4.79 Å². The van der Waals surface area contributed by atoms with Crippen LogP contribution in [0.15, 0.2) is 12.2 Å². The molecule has 0 spiro atoms. The number of fused-ring (bicyclic) bond motifs is 5. The van der Waals surface area contributed by atoms with Crippen molar-refractivity contribution in [3.63, 3.8) is 0 Å². The molecule has 4 amide bonds. The summed E-state index contributed by atoms with van der Waals surface area (Å²) in [6.07, 6.45) is 4.43. The summed E-state index contributed by atoms with van der Waals surface area (Å²) in [5.41, 5.74) is 0. The van der Waals surface area contributed by atoms with Gasteiger partial charge in [-0.3, -0.25) is 14.5 Å². The van der Waals surface area contributed by atoms with Crippen molar-refractivity contribution in [2.75, 3.05) is 26.3 Å². The molecule has 2 bridgehead atoms. The van der Waals surface area contributed by atoms with Crippen LogP contribution in [0.5, 0.6) is 0 Å². The number of imide groups is 1. The first-order valence-electron chi connectivity index (χ1n) is 8.26. The van der Waals surface area contributed by atoms with Gasteiger partial charge < -0.3 is 15.0 Å². The van der Waals surface area contributed by atoms with E-state index in [1.165, 1.54) is 4.90 Å². The molecule has 2 aliphatic heterocycles. The van der Waals surface area contributed by atoms with Gasteiger partial charge in [0.2, 0.25) is 11.8 Å². The maximum atomic E-state index is 12.7. The smallest absolute Gasteiger partial charge is 0.319 e. The lowest BCUT2D eigenvalue weighted by molar-refractivity contribution is -0.143. The number of urea groups is 1. The van der Waals surface area contributed by atoms with Gasteiger partial charge in [0, 0.05) is 13.1 Å². The van der Waals surface area contributed by atoms with Crippen LogP contribution in [0.25, 0.3) is 0 Å². The SMILES string of the molecule is CC(NC(=O)N1CCOCC1)N1C(=O)C2C3C=CC(C3)C2C1=O. The third-order valence-corrected chi connectivity index (χ3v) is 5.52. The van der Waals surface area contributed by atoms with Crippen molar-refractivity contribution in [2.45, 2.75) is 19.5 Å². The molecule has 2 saturated heterocycles. The molecule has 2 aliphatic carbocycles. The van der Waals surface area contributed by atoms with Crippen LogP contribution in [0.2, 0.25) is 0 Å². The zero-order valence-electron chi connectivity index (χ0n) is 13.1. The Labute approximate surface area is 134 Å². The number of rotatable bonds is 2. The Hall–Kier alpha value is -1.89. The van der Waals surface area contributed by atoms with E-state index < -0.39 is 6.17 Å². The zero-order chi connectivity index (χ0) is 16.1. The Morgan fingerprint density at radius 3 is 2.30 bits per heavy atom. The Balaban J connectivity index is 1.45. The fourth-order valence-corrected chi connectivity index (χ4v) is 4.41. The number of carbonyl (C=O) groups excluding carboxylic acids is 3. The van der Waals surface area contributed by atoms with Crippen LogP contribution >= 0.6 is 0 Å². The van der Waals surface area contributed by atoms with Crippen molar-refractivity contribution >= 4 is 17.8 Å². The van der Waals surface area contributed by atoms with Crippen molar-refractivity contribution in [3.05, 3.63) is 12.2 Å². The summed E-state index contributed by atoms with van der Waals surface area (Å²) in [5.74, 6) is -0.332. The fraction of sp³-hybridized carbons (Fsp3) is 0.688. The Morgan fingerprint density at radius 1 is 1.17 bits per heavy atom. The molecule has 23 heavy (non-hydrogen) atoms. The summed E-state index contributed by atoms with van der Waals surface area (Å²) in [6, 6.07) is -0.250. The molecule has 7 heteroatoms. The lowest BCUT2D eigenvalue weighted by Gasteiger charge is -2.31. The van der Waals surface area contributed by atoms with E-state index in [0.29, 0.717) is 26.3 Å². The summed E-state index contributed by atoms with van der Waals surface area (Å²) >= 11 is 0. The quantitative estimate of drug-likeness (QED) is 0.582. The Morgan fingerprint density at radius 2 is 1.74 bits per heavy atom. The van der Waals surface area contributed by atoms with Gasteiger partial charge in [-0.05, 0) is 25.2 Å². The summed E-state index contributed by atoms with van der Waals surface area (Å²) in [7, 11) is 0. The minimum absolute atomic E-state index is 0.133. The standard InChI is InChI=1S/C16H21N3O4/c1-9(17-16(22)18-4-6-23-7-5-18)19-14(20)12-10-2-3-11(8-10)13(12)15(19)21/h2-3,9-13H,4-8H2,1H3,(H,17,22). The number of allylic oxidation sites excluding steroid dienone is 2. The number of nitrogens with zero attached hydrogens (tertiary/aromatic N) is 2. The predicted octanol–water partition coefficient (Wildman–Crippen LogP) is 0.181. The molecule has 124 valence electrons. The predicted molar refractivity (Wildman–Crippen MR) is 80.0 cm³/mol. The summed E-state index contributed by atoms with van der Waals surface area (Å²) in [4.78, 5) is 40.5. The first-order valence-corrected chi connectivity index (χ1v) is 8.26. The molecule has 0 aromatic carbocycles. The topological polar surface area (TPSA) is 79.0 Å². The molecule has 5 atom stereocenters. The Kier molecular flexibility index (Phi) is 3.41. The molecule has 0 radical (unpaired) electrons. The second-order valence-electron chi connectivity index (χ2n) is 6.77. The number of hydrogen-bond acceptors (Lipinski definition) is 4. The molecular weight excluding hydrogens is 298 g/mol. The van der Waals surface area contributed by atoms with Crippen LogP contribution in [0, 0.1) is 23.7 Å². The van der Waals surface area contributed by atoms with E-state index in [4.69, 9.17) is 4.74 Å². The second-order valence-corrected chi connectivity index (χ2v) is 6.77. The minimum Gasteiger partial charge on any atom is -0.378 e. The van der Waals surface area contributed by atoms with Gasteiger partial charge >= 0.3 is 6.03 Å². The molecule has 5 unspecified atom stereocenters. The summed E-state index contributed by atoms with van der Waals surface area (Å²) in [6.45, 7) is 3.79. The van der Waals surface area contributed by atoms with E-state index in [9.17, 15) is 14.4 Å². The van der Waals surface area contributed by atoms with Crippen LogP contribution in [-0.4, -0.2) is 60.1 Å². The van der Waals surface area contributed by atoms with E-state index in [-0.39, 0.29) is 41.5 Å². The normalized spacial score (nSPS) is 36.6. The average Bonchev–Trinajstić information content (AvgIpc) is 3.22. The molecule has 1 N–H and O–H groups in total. The van der Waals surface area contributed by atoms with Crippen LogP contribution in [0.1, 0.15) is 13.3 Å². The molecule has 0 aromatic heterocycles. The van der Waals surface area contributed by atoms with Crippen LogP contribution in [0.3, 0.4) is 0 Å². The van der Waals surface area contributed by atoms with Gasteiger partial charge in [-0.15, -0.1) is 0 Å². The average molecular weight is 319 g/mol. The fourth-order valence-electron chi connectivity index (χ4n) is 4.41. The van der Waals surface area contributed by atoms with E-state index in [0.717, 1.165) is 6.42 Å². The Bertz CT molecular complexity index is 554. The number of amides is 4. The van der Waals surface area contributed by atoms with Crippen molar-refractivity contribution in [2.24, 2.45) is 23.7 Å². The molecule has 7 nitrogen and oxygen atoms in total. The van der Waals surface area contributed by atoms with Crippen molar-refractivity contribution in [1.29, 1.82) is 0 Å². The maximum Gasteiger partial charge on any atom is 0.319 e. The van der Waals surface area contributed by atoms with Gasteiger partial charge in [0.05, 0.1) is 25.0 Å². The highest BCUT2D eigenvalue weighted by atomic mass is 16.5. The van der Waals surface area contributed by atoms with E-state index >= 15 is 0 Å². The summed E-state index contributed by atoms with van der Waals surface area (Å²) < 4.78 is 5.22. The monoisotopic (exact) mass is 319 g/mol. The first-order chi connectivity index (χ1) is 11.1. The van der Waals surface area contributed by atoms with Gasteiger partial charge in [0.15, 0.2) is 0 Å². The van der Waals surface area contributed by atoms with E-state index in [1.807, 2.05) is 0 Å². The summed E-state index contributed by atoms with van der Waals surface area (Å²) in [5, 5.41) is 2.79. The lowest BCUT2D eigenvalue weighted by Crippen LogP contribution is -2.55. The van der Waals surface area contributed by atoms with E-state index in [2.05, 4.69) is 17.5 Å². The van der Waals surface area contributed by atoms with Gasteiger partial charge in [-0.25, -0.2) is 4.79 Å². The van der Waals surface area contributed by atoms with Crippen LogP contribution in [-0.2, 0) is 14.3 Å². The van der Waals surface area contributed by atoms with Gasteiger partial charge in [0.25, 0.3) is 0 Å². The number of morpholine rings is 1. The minimum atomic E-state index is -0.615. The largest absolute Gasteiger partial charge is 0.378 e. The highest BCUT2D eigenvalue weighted by Gasteiger charge is 2.60. The van der Waals surface area contributed by atoms with E-state index in [1.54, 1.807) is 11.8 Å². The third kappa shape index (κ3) is 2.17. The number of carbonyl (C=O) groups is 3. The van der Waals surface area contributed by atoms with Gasteiger partial charge in [-0.2, -0.15) is 0 Å². The lowest BCUT2D eigenvalue weighted by atomic mass is 9.85. The van der Waals surface area contributed by atoms with Gasteiger partial charge in [0.1, 0.15) is 6.17 Å². The maximum absolute atomic E-state index is 12.7. The highest BCUT2D eigenvalue weighted by molar-refractivity contribution is 6.06. The molecule has 4 rings (SSSR count). The number of ether oxygens (including phenoxy) is 1. The number of hydrogen-bond donors (Lipinski definition) is 1. The number of nitrogens with one attached hydrogen (secondary N) is 1. The second kappa shape index (κ2) is 5.33. The number of likely N-dealkylation sites (tertiary alicyclic amines) is 1. The molecule has 2 heterocycles. The van der Waals surface area contributed by atoms with Crippen LogP contribution < -0.4 is 5.32 Å². The first kappa shape index (κ1) is 14.7. The van der Waals surface area contributed by atoms with Crippen molar-refractivity contribution < 1.29 is 19.1 Å². The third-order valence-electron chi connectivity index (χ3n) is 5.52. The molecule has 0 aromatic rings. The zero-order valence-corrected chi connectivity index (χ0v) is 13.1. The van der Waals surface area contributed by atoms with Gasteiger partial charge in [-0.1, -0.05) is 12.2 Å². The molecular formula is C16H21N3O4. The molecule has 3 fully saturated rings. The molecule has 1 saturated carbocycles. The van der Waals surface area contributed by atoms with Crippen molar-refractivity contribution in [1.82, 2.24) is 15.1 Å². The molecule has 4 aliphatic rings. The van der Waals surface area contributed by atoms with Crippen molar-refractivity contribution in [3.8, 4) is 0 Å². The highest BCUT2D eigenvalue weighted by Crippen LogP contribution is 2.52.